The second-order valence-electron chi connectivity index (χ2n) is 4.95. The molecule has 0 amide bonds. The highest BCUT2D eigenvalue weighted by atomic mass is 16.5. The molecule has 106 valence electrons. The third-order valence-corrected chi connectivity index (χ3v) is 3.38. The van der Waals surface area contributed by atoms with Crippen LogP contribution in [0, 0.1) is 0 Å². The lowest BCUT2D eigenvalue weighted by atomic mass is 10.1. The molecule has 3 aromatic rings. The van der Waals surface area contributed by atoms with Crippen LogP contribution >= 0.6 is 0 Å². The Labute approximate surface area is 123 Å². The van der Waals surface area contributed by atoms with Gasteiger partial charge in [-0.25, -0.2) is 0 Å². The summed E-state index contributed by atoms with van der Waals surface area (Å²) in [4.78, 5) is 4.39. The highest BCUT2D eigenvalue weighted by Gasteiger charge is 2.15. The minimum absolute atomic E-state index is 0.241. The van der Waals surface area contributed by atoms with Crippen LogP contribution in [0.2, 0.25) is 0 Å². The number of nitrogens with zero attached hydrogens (tertiary/aromatic N) is 2. The summed E-state index contributed by atoms with van der Waals surface area (Å²) < 4.78 is 5.28. The van der Waals surface area contributed by atoms with Crippen molar-refractivity contribution in [3.63, 3.8) is 0 Å². The van der Waals surface area contributed by atoms with Crippen molar-refractivity contribution in [2.75, 3.05) is 0 Å². The van der Waals surface area contributed by atoms with Crippen LogP contribution in [0.15, 0.2) is 65.2 Å². The summed E-state index contributed by atoms with van der Waals surface area (Å²) in [5.74, 6) is 1.07. The monoisotopic (exact) mass is 279 g/mol. The van der Waals surface area contributed by atoms with E-state index in [0.29, 0.717) is 11.7 Å². The standard InChI is InChI=1S/C17H17N3O/c18-15(12-11-13-7-3-1-4-8-13)17-19-16(20-21-17)14-9-5-2-6-10-14/h1-10,15H,11-12,18H2. The Balaban J connectivity index is 1.66. The maximum absolute atomic E-state index is 6.14. The molecule has 0 spiro atoms. The summed E-state index contributed by atoms with van der Waals surface area (Å²) in [6, 6.07) is 19.8. The first-order chi connectivity index (χ1) is 10.3. The van der Waals surface area contributed by atoms with E-state index >= 15 is 0 Å². The molecule has 2 aromatic carbocycles. The van der Waals surface area contributed by atoms with Crippen molar-refractivity contribution >= 4 is 0 Å². The zero-order valence-electron chi connectivity index (χ0n) is 11.6. The smallest absolute Gasteiger partial charge is 0.243 e. The fourth-order valence-corrected chi connectivity index (χ4v) is 2.18. The molecule has 0 aliphatic rings. The fraction of sp³-hybridized carbons (Fsp3) is 0.176. The van der Waals surface area contributed by atoms with E-state index in [4.69, 9.17) is 10.3 Å². The summed E-state index contributed by atoms with van der Waals surface area (Å²) in [5.41, 5.74) is 8.33. The van der Waals surface area contributed by atoms with Gasteiger partial charge < -0.3 is 10.3 Å². The Hall–Kier alpha value is -2.46. The number of hydrogen-bond donors (Lipinski definition) is 1. The Kier molecular flexibility index (Phi) is 4.07. The predicted octanol–water partition coefficient (Wildman–Crippen LogP) is 3.37. The van der Waals surface area contributed by atoms with Crippen molar-refractivity contribution in [3.05, 3.63) is 72.1 Å². The molecule has 4 nitrogen and oxygen atoms in total. The SMILES string of the molecule is NC(CCc1ccccc1)c1nc(-c2ccccc2)no1. The van der Waals surface area contributed by atoms with Gasteiger partial charge in [-0.1, -0.05) is 65.8 Å². The highest BCUT2D eigenvalue weighted by molar-refractivity contribution is 5.53. The lowest BCUT2D eigenvalue weighted by Gasteiger charge is -2.06. The average Bonchev–Trinajstić information content (AvgIpc) is 3.04. The first kappa shape index (κ1) is 13.5. The van der Waals surface area contributed by atoms with Gasteiger partial charge in [0.1, 0.15) is 0 Å². The Morgan fingerprint density at radius 2 is 1.62 bits per heavy atom. The molecule has 1 heterocycles. The highest BCUT2D eigenvalue weighted by Crippen LogP contribution is 2.20. The van der Waals surface area contributed by atoms with Crippen LogP contribution in [-0.4, -0.2) is 10.1 Å². The van der Waals surface area contributed by atoms with Crippen molar-refractivity contribution < 1.29 is 4.52 Å². The normalized spacial score (nSPS) is 12.2. The van der Waals surface area contributed by atoms with Gasteiger partial charge in [-0.3, -0.25) is 0 Å². The van der Waals surface area contributed by atoms with Crippen LogP contribution in [0.3, 0.4) is 0 Å². The first-order valence-corrected chi connectivity index (χ1v) is 7.01. The van der Waals surface area contributed by atoms with Crippen LogP contribution in [-0.2, 0) is 6.42 Å². The summed E-state index contributed by atoms with van der Waals surface area (Å²) in [6.45, 7) is 0. The van der Waals surface area contributed by atoms with E-state index in [1.165, 1.54) is 5.56 Å². The molecule has 2 N–H and O–H groups in total. The Bertz CT molecular complexity index is 680. The number of aryl methyl sites for hydroxylation is 1. The van der Waals surface area contributed by atoms with Crippen LogP contribution in [0.1, 0.15) is 23.9 Å². The van der Waals surface area contributed by atoms with Crippen molar-refractivity contribution in [3.8, 4) is 11.4 Å². The number of rotatable bonds is 5. The minimum Gasteiger partial charge on any atom is -0.337 e. The Morgan fingerprint density at radius 1 is 0.952 bits per heavy atom. The van der Waals surface area contributed by atoms with Gasteiger partial charge in [0, 0.05) is 5.56 Å². The molecule has 0 aliphatic carbocycles. The van der Waals surface area contributed by atoms with Crippen molar-refractivity contribution in [1.82, 2.24) is 10.1 Å². The van der Waals surface area contributed by atoms with E-state index in [1.807, 2.05) is 48.5 Å². The lowest BCUT2D eigenvalue weighted by Crippen LogP contribution is -2.11. The van der Waals surface area contributed by atoms with Gasteiger partial charge in [0.05, 0.1) is 6.04 Å². The van der Waals surface area contributed by atoms with Crippen molar-refractivity contribution in [2.45, 2.75) is 18.9 Å². The number of benzene rings is 2. The van der Waals surface area contributed by atoms with E-state index in [-0.39, 0.29) is 6.04 Å². The molecular weight excluding hydrogens is 262 g/mol. The molecule has 1 unspecified atom stereocenters. The fourth-order valence-electron chi connectivity index (χ4n) is 2.18. The number of hydrogen-bond acceptors (Lipinski definition) is 4. The van der Waals surface area contributed by atoms with Gasteiger partial charge in [0.15, 0.2) is 0 Å². The van der Waals surface area contributed by atoms with Gasteiger partial charge in [-0.05, 0) is 18.4 Å². The molecule has 0 bridgehead atoms. The van der Waals surface area contributed by atoms with Crippen molar-refractivity contribution in [2.24, 2.45) is 5.73 Å². The van der Waals surface area contributed by atoms with E-state index < -0.39 is 0 Å². The third-order valence-electron chi connectivity index (χ3n) is 3.38. The third kappa shape index (κ3) is 3.35. The second-order valence-corrected chi connectivity index (χ2v) is 4.95. The topological polar surface area (TPSA) is 64.9 Å². The molecule has 0 saturated heterocycles. The molecule has 0 fully saturated rings. The van der Waals surface area contributed by atoms with Gasteiger partial charge in [0.25, 0.3) is 0 Å². The summed E-state index contributed by atoms with van der Waals surface area (Å²) >= 11 is 0. The first-order valence-electron chi connectivity index (χ1n) is 7.01. The van der Waals surface area contributed by atoms with Crippen LogP contribution in [0.4, 0.5) is 0 Å². The zero-order chi connectivity index (χ0) is 14.5. The predicted molar refractivity (Wildman–Crippen MR) is 81.4 cm³/mol. The van der Waals surface area contributed by atoms with E-state index in [1.54, 1.807) is 0 Å². The van der Waals surface area contributed by atoms with E-state index in [0.717, 1.165) is 18.4 Å². The molecule has 21 heavy (non-hydrogen) atoms. The molecule has 0 radical (unpaired) electrons. The zero-order valence-corrected chi connectivity index (χ0v) is 11.6. The average molecular weight is 279 g/mol. The van der Waals surface area contributed by atoms with Crippen LogP contribution < -0.4 is 5.73 Å². The molecular formula is C17H17N3O. The van der Waals surface area contributed by atoms with Gasteiger partial charge >= 0.3 is 0 Å². The molecule has 0 aliphatic heterocycles. The number of nitrogens with two attached hydrogens (primary N) is 1. The molecule has 3 rings (SSSR count). The number of aromatic nitrogens is 2. The van der Waals surface area contributed by atoms with Gasteiger partial charge in [-0.15, -0.1) is 0 Å². The summed E-state index contributed by atoms with van der Waals surface area (Å²) in [5, 5.41) is 4.00. The maximum atomic E-state index is 6.14. The minimum atomic E-state index is -0.241. The van der Waals surface area contributed by atoms with E-state index in [9.17, 15) is 0 Å². The molecule has 4 heteroatoms. The molecule has 1 atom stereocenters. The largest absolute Gasteiger partial charge is 0.337 e. The molecule has 1 aromatic heterocycles. The summed E-state index contributed by atoms with van der Waals surface area (Å²) in [7, 11) is 0. The second kappa shape index (κ2) is 6.33. The summed E-state index contributed by atoms with van der Waals surface area (Å²) in [6.07, 6.45) is 1.67. The quantitative estimate of drug-likeness (QED) is 0.777. The van der Waals surface area contributed by atoms with E-state index in [2.05, 4.69) is 22.3 Å². The van der Waals surface area contributed by atoms with Gasteiger partial charge in [0.2, 0.25) is 11.7 Å². The lowest BCUT2D eigenvalue weighted by molar-refractivity contribution is 0.349. The van der Waals surface area contributed by atoms with Crippen molar-refractivity contribution in [1.29, 1.82) is 0 Å². The molecule has 0 saturated carbocycles. The Morgan fingerprint density at radius 3 is 2.33 bits per heavy atom. The van der Waals surface area contributed by atoms with Crippen LogP contribution in [0.5, 0.6) is 0 Å². The van der Waals surface area contributed by atoms with Crippen LogP contribution in [0.25, 0.3) is 11.4 Å². The maximum Gasteiger partial charge on any atom is 0.243 e. The van der Waals surface area contributed by atoms with Gasteiger partial charge in [-0.2, -0.15) is 4.98 Å².